The molecule has 0 spiro atoms. The number of carbonyl (C=O) groups excluding carboxylic acids is 2. The predicted molar refractivity (Wildman–Crippen MR) is 105 cm³/mol. The Morgan fingerprint density at radius 1 is 1.08 bits per heavy atom. The lowest BCUT2D eigenvalue weighted by molar-refractivity contribution is -0.144. The van der Waals surface area contributed by atoms with Gasteiger partial charge in [0.25, 0.3) is 5.91 Å². The van der Waals surface area contributed by atoms with Gasteiger partial charge in [0.15, 0.2) is 0 Å². The largest absolute Gasteiger partial charge is 0.279 e. The molecule has 1 heterocycles. The summed E-state index contributed by atoms with van der Waals surface area (Å²) in [6.45, 7) is 0. The maximum Gasteiger partial charge on any atom is 0.279 e. The van der Waals surface area contributed by atoms with E-state index in [4.69, 9.17) is 0 Å². The van der Waals surface area contributed by atoms with E-state index in [0.29, 0.717) is 11.8 Å². The summed E-state index contributed by atoms with van der Waals surface area (Å²) in [5.41, 5.74) is 6.51. The van der Waals surface area contributed by atoms with Gasteiger partial charge in [0.2, 0.25) is 5.91 Å². The van der Waals surface area contributed by atoms with E-state index < -0.39 is 0 Å². The first kappa shape index (κ1) is 17.2. The summed E-state index contributed by atoms with van der Waals surface area (Å²) in [5.74, 6) is 1.16. The molecule has 2 atom stereocenters. The average molecular weight is 437 g/mol. The highest BCUT2D eigenvalue weighted by Gasteiger charge is 2.59. The molecular formula is C20H25BrN2O2S. The molecule has 5 aliphatic carbocycles. The Bertz CT molecular complexity index is 736. The van der Waals surface area contributed by atoms with E-state index in [2.05, 4.69) is 26.8 Å². The summed E-state index contributed by atoms with van der Waals surface area (Å²) >= 11 is 5.53. The number of rotatable bonds is 2. The van der Waals surface area contributed by atoms with Crippen LogP contribution in [0.1, 0.15) is 71.5 Å². The predicted octanol–water partition coefficient (Wildman–Crippen LogP) is 4.12. The standard InChI is InChI=1S/C20H25BrN2O2S/c21-20-9-12-5-13(10-20)8-19(7-12,11-20)18(25)23-22-17(24)16-6-14-3-1-2-4-15(14)26-16/h6,12-13H,1-5,7-11H2,(H,22,24)(H,23,25). The first-order valence-electron chi connectivity index (χ1n) is 9.86. The zero-order chi connectivity index (χ0) is 17.9. The third kappa shape index (κ3) is 2.84. The SMILES string of the molecule is O=C(NNC(=O)C12CC3CC(CC(Br)(C3)C1)C2)c1cc2c(s1)CCCC2. The molecule has 2 N–H and O–H groups in total. The molecule has 0 aliphatic heterocycles. The molecule has 2 amide bonds. The van der Waals surface area contributed by atoms with Gasteiger partial charge < -0.3 is 0 Å². The van der Waals surface area contributed by atoms with Crippen LogP contribution in [0.25, 0.3) is 0 Å². The fourth-order valence-electron chi connectivity index (χ4n) is 6.33. The fourth-order valence-corrected chi connectivity index (χ4v) is 8.93. The molecule has 0 radical (unpaired) electrons. The van der Waals surface area contributed by atoms with Crippen LogP contribution in [-0.4, -0.2) is 16.1 Å². The summed E-state index contributed by atoms with van der Waals surface area (Å²) < 4.78 is 0.144. The lowest BCUT2D eigenvalue weighted by atomic mass is 9.49. The van der Waals surface area contributed by atoms with Crippen LogP contribution < -0.4 is 10.9 Å². The molecule has 5 aliphatic rings. The van der Waals surface area contributed by atoms with E-state index >= 15 is 0 Å². The molecule has 1 aromatic rings. The minimum Gasteiger partial charge on any atom is -0.273 e. The molecule has 1 aromatic heterocycles. The van der Waals surface area contributed by atoms with Crippen LogP contribution in [0.3, 0.4) is 0 Å². The van der Waals surface area contributed by atoms with Gasteiger partial charge in [-0.25, -0.2) is 0 Å². The Labute approximate surface area is 166 Å². The zero-order valence-electron chi connectivity index (χ0n) is 14.9. The zero-order valence-corrected chi connectivity index (χ0v) is 17.3. The Balaban J connectivity index is 1.26. The van der Waals surface area contributed by atoms with E-state index in [-0.39, 0.29) is 21.6 Å². The van der Waals surface area contributed by atoms with Gasteiger partial charge in [0.05, 0.1) is 10.3 Å². The highest BCUT2D eigenvalue weighted by molar-refractivity contribution is 9.10. The van der Waals surface area contributed by atoms with Crippen molar-refractivity contribution in [2.45, 2.75) is 68.5 Å². The summed E-state index contributed by atoms with van der Waals surface area (Å²) in [6, 6.07) is 2.01. The highest BCUT2D eigenvalue weighted by Crippen LogP contribution is 2.64. The van der Waals surface area contributed by atoms with Crippen LogP contribution >= 0.6 is 27.3 Å². The maximum atomic E-state index is 13.0. The molecule has 6 heteroatoms. The first-order valence-corrected chi connectivity index (χ1v) is 11.5. The lowest BCUT2D eigenvalue weighted by Crippen LogP contribution is -2.60. The number of hydrogen-bond donors (Lipinski definition) is 2. The monoisotopic (exact) mass is 436 g/mol. The molecule has 2 unspecified atom stereocenters. The smallest absolute Gasteiger partial charge is 0.273 e. The van der Waals surface area contributed by atoms with Crippen LogP contribution in [-0.2, 0) is 17.6 Å². The van der Waals surface area contributed by atoms with E-state index in [1.165, 1.54) is 42.5 Å². The second kappa shape index (κ2) is 6.06. The second-order valence-corrected chi connectivity index (χ2v) is 11.9. The van der Waals surface area contributed by atoms with Gasteiger partial charge >= 0.3 is 0 Å². The number of aryl methyl sites for hydroxylation is 2. The summed E-state index contributed by atoms with van der Waals surface area (Å²) in [7, 11) is 0. The molecular weight excluding hydrogens is 412 g/mol. The number of thiophene rings is 1. The fraction of sp³-hybridized carbons (Fsp3) is 0.700. The van der Waals surface area contributed by atoms with Crippen molar-refractivity contribution < 1.29 is 9.59 Å². The van der Waals surface area contributed by atoms with Crippen molar-refractivity contribution in [2.75, 3.05) is 0 Å². The van der Waals surface area contributed by atoms with Gasteiger partial charge in [-0.3, -0.25) is 20.4 Å². The molecule has 4 nitrogen and oxygen atoms in total. The number of halogens is 1. The van der Waals surface area contributed by atoms with Gasteiger partial charge in [-0.2, -0.15) is 0 Å². The van der Waals surface area contributed by atoms with Crippen molar-refractivity contribution in [2.24, 2.45) is 17.3 Å². The topological polar surface area (TPSA) is 58.2 Å². The minimum atomic E-state index is -0.296. The van der Waals surface area contributed by atoms with E-state index in [1.807, 2.05) is 6.07 Å². The third-order valence-corrected chi connectivity index (χ3v) is 9.15. The average Bonchev–Trinajstić information content (AvgIpc) is 3.01. The summed E-state index contributed by atoms with van der Waals surface area (Å²) in [4.78, 5) is 27.6. The second-order valence-electron chi connectivity index (χ2n) is 9.07. The quantitative estimate of drug-likeness (QED) is 0.540. The van der Waals surface area contributed by atoms with Crippen molar-refractivity contribution in [1.82, 2.24) is 10.9 Å². The molecule has 4 saturated carbocycles. The van der Waals surface area contributed by atoms with Crippen LogP contribution in [0, 0.1) is 17.3 Å². The Morgan fingerprint density at radius 2 is 1.81 bits per heavy atom. The summed E-state index contributed by atoms with van der Waals surface area (Å²) in [6.07, 6.45) is 11.1. The van der Waals surface area contributed by atoms with Crippen LogP contribution in [0.2, 0.25) is 0 Å². The van der Waals surface area contributed by atoms with Crippen molar-refractivity contribution in [3.8, 4) is 0 Å². The Hall–Kier alpha value is -0.880. The number of carbonyl (C=O) groups is 2. The lowest BCUT2D eigenvalue weighted by Gasteiger charge is -2.59. The van der Waals surface area contributed by atoms with Crippen LogP contribution in [0.15, 0.2) is 6.07 Å². The van der Waals surface area contributed by atoms with E-state index in [0.717, 1.165) is 37.0 Å². The van der Waals surface area contributed by atoms with E-state index in [9.17, 15) is 9.59 Å². The number of hydrazine groups is 1. The highest BCUT2D eigenvalue weighted by atomic mass is 79.9. The molecule has 140 valence electrons. The molecule has 0 saturated heterocycles. The van der Waals surface area contributed by atoms with Gasteiger partial charge in [-0.05, 0) is 87.7 Å². The van der Waals surface area contributed by atoms with Crippen molar-refractivity contribution >= 4 is 39.1 Å². The van der Waals surface area contributed by atoms with Crippen LogP contribution in [0.5, 0.6) is 0 Å². The van der Waals surface area contributed by atoms with Crippen LogP contribution in [0.4, 0.5) is 0 Å². The number of nitrogens with one attached hydrogen (secondary N) is 2. The first-order chi connectivity index (χ1) is 12.4. The summed E-state index contributed by atoms with van der Waals surface area (Å²) in [5, 5.41) is 0. The third-order valence-electron chi connectivity index (χ3n) is 6.98. The van der Waals surface area contributed by atoms with Crippen molar-refractivity contribution in [3.05, 3.63) is 21.4 Å². The van der Waals surface area contributed by atoms with Crippen molar-refractivity contribution in [3.63, 3.8) is 0 Å². The number of hydrogen-bond acceptors (Lipinski definition) is 3. The molecule has 26 heavy (non-hydrogen) atoms. The van der Waals surface area contributed by atoms with Gasteiger partial charge in [0.1, 0.15) is 0 Å². The van der Waals surface area contributed by atoms with Gasteiger partial charge in [-0.1, -0.05) is 15.9 Å². The van der Waals surface area contributed by atoms with Gasteiger partial charge in [0, 0.05) is 9.20 Å². The van der Waals surface area contributed by atoms with Crippen molar-refractivity contribution in [1.29, 1.82) is 0 Å². The molecule has 6 rings (SSSR count). The van der Waals surface area contributed by atoms with Gasteiger partial charge in [-0.15, -0.1) is 11.3 Å². The minimum absolute atomic E-state index is 0.0186. The Morgan fingerprint density at radius 3 is 2.50 bits per heavy atom. The maximum absolute atomic E-state index is 13.0. The number of amides is 2. The number of fused-ring (bicyclic) bond motifs is 1. The number of alkyl halides is 1. The normalized spacial score (nSPS) is 37.3. The van der Waals surface area contributed by atoms with E-state index in [1.54, 1.807) is 11.3 Å². The molecule has 0 aromatic carbocycles. The Kier molecular flexibility index (Phi) is 4.02. The molecule has 4 bridgehead atoms. The molecule has 4 fully saturated rings.